The molecule has 1 atom stereocenters. The van der Waals surface area contributed by atoms with Gasteiger partial charge in [-0.15, -0.1) is 0 Å². The molecule has 116 valence electrons. The van der Waals surface area contributed by atoms with E-state index in [4.69, 9.17) is 1.41 Å². The number of aryl methyl sites for hydroxylation is 1. The summed E-state index contributed by atoms with van der Waals surface area (Å²) in [5.74, 6) is -1.36. The van der Waals surface area contributed by atoms with Gasteiger partial charge in [-0.3, -0.25) is 4.79 Å². The summed E-state index contributed by atoms with van der Waals surface area (Å²) in [6.45, 7) is 1.81. The van der Waals surface area contributed by atoms with Crippen LogP contribution in [0.5, 0.6) is 0 Å². The Labute approximate surface area is 131 Å². The lowest BCUT2D eigenvalue weighted by Crippen LogP contribution is -2.42. The largest absolute Gasteiger partial charge is 0.480 e. The van der Waals surface area contributed by atoms with Crippen molar-refractivity contribution < 1.29 is 19.7 Å². The van der Waals surface area contributed by atoms with Crippen molar-refractivity contribution in [2.75, 3.05) is 0 Å². The summed E-state index contributed by atoms with van der Waals surface area (Å²) in [5.41, 5.74) is 1.52. The van der Waals surface area contributed by atoms with E-state index in [-0.39, 0.29) is 16.0 Å². The zero-order chi connectivity index (χ0) is 17.0. The van der Waals surface area contributed by atoms with Crippen LogP contribution in [0.1, 0.15) is 11.1 Å². The van der Waals surface area contributed by atoms with Crippen LogP contribution in [0.25, 0.3) is 0 Å². The molecule has 0 bridgehead atoms. The Morgan fingerprint density at radius 2 is 1.77 bits per heavy atom. The summed E-state index contributed by atoms with van der Waals surface area (Å²) in [7, 11) is -4.20. The molecule has 0 unspecified atom stereocenters. The second-order valence-corrected chi connectivity index (χ2v) is 6.57. The molecule has 0 heterocycles. The van der Waals surface area contributed by atoms with Crippen LogP contribution in [-0.4, -0.2) is 25.5 Å². The third-order valence-electron chi connectivity index (χ3n) is 3.14. The Kier molecular flexibility index (Phi) is 4.50. The molecule has 0 fully saturated rings. The lowest BCUT2D eigenvalue weighted by molar-refractivity contribution is -0.138. The topological polar surface area (TPSA) is 83.5 Å². The molecule has 2 aromatic rings. The first-order valence-corrected chi connectivity index (χ1v) is 8.13. The van der Waals surface area contributed by atoms with Crippen molar-refractivity contribution in [1.29, 1.82) is 0 Å². The van der Waals surface area contributed by atoms with Gasteiger partial charge in [-0.05, 0) is 31.0 Å². The predicted molar refractivity (Wildman–Crippen MR) is 83.1 cm³/mol. The molecule has 2 aromatic carbocycles. The number of hydrogen-bond donors (Lipinski definition) is 2. The number of nitrogens with one attached hydrogen (secondary N) is 1. The highest BCUT2D eigenvalue weighted by molar-refractivity contribution is 7.89. The molecule has 0 aliphatic rings. The Morgan fingerprint density at radius 3 is 2.32 bits per heavy atom. The number of carbonyl (C=O) groups is 1. The SMILES string of the molecule is [2H]N([C@@H](Cc1ccccc1)C(=O)O)S(=O)(=O)c1ccc(C)cc1. The van der Waals surface area contributed by atoms with E-state index in [1.165, 1.54) is 12.1 Å². The summed E-state index contributed by atoms with van der Waals surface area (Å²) < 4.78 is 33.0. The van der Waals surface area contributed by atoms with Crippen LogP contribution in [0, 0.1) is 6.92 Å². The molecule has 0 radical (unpaired) electrons. The predicted octanol–water partition coefficient (Wildman–Crippen LogP) is 1.97. The van der Waals surface area contributed by atoms with Crippen LogP contribution < -0.4 is 4.72 Å². The van der Waals surface area contributed by atoms with Gasteiger partial charge in [0, 0.05) is 0 Å². The van der Waals surface area contributed by atoms with Gasteiger partial charge in [0.15, 0.2) is 0 Å². The standard InChI is InChI=1S/C16H17NO4S/c1-12-7-9-14(10-8-12)22(20,21)17-15(16(18)19)11-13-5-3-2-4-6-13/h2-10,15,17H,11H2,1H3,(H,18,19)/t15-/m0/s1/i/hD. The van der Waals surface area contributed by atoms with Crippen LogP contribution in [0.4, 0.5) is 0 Å². The maximum atomic E-state index is 12.5. The molecule has 0 spiro atoms. The molecule has 2 N–H and O–H groups in total. The summed E-state index contributed by atoms with van der Waals surface area (Å²) in [6.07, 6.45) is -0.0786. The average Bonchev–Trinajstić information content (AvgIpc) is 2.53. The van der Waals surface area contributed by atoms with Crippen molar-refractivity contribution in [2.24, 2.45) is 0 Å². The molecule has 22 heavy (non-hydrogen) atoms. The van der Waals surface area contributed by atoms with Crippen LogP contribution in [0.2, 0.25) is 1.41 Å². The lowest BCUT2D eigenvalue weighted by atomic mass is 10.1. The first-order chi connectivity index (χ1) is 10.8. The zero-order valence-electron chi connectivity index (χ0n) is 13.0. The Morgan fingerprint density at radius 1 is 1.18 bits per heavy atom. The molecular formula is C16H17NO4S. The summed E-state index contributed by atoms with van der Waals surface area (Å²) in [5, 5.41) is 9.33. The minimum atomic E-state index is -4.20. The van der Waals surface area contributed by atoms with E-state index in [0.717, 1.165) is 5.56 Å². The van der Waals surface area contributed by atoms with Crippen LogP contribution in [0.15, 0.2) is 59.5 Å². The van der Waals surface area contributed by atoms with Gasteiger partial charge in [0.1, 0.15) is 7.45 Å². The molecule has 0 aromatic heterocycles. The van der Waals surface area contributed by atoms with Crippen molar-refractivity contribution >= 4 is 16.0 Å². The first kappa shape index (κ1) is 14.7. The van der Waals surface area contributed by atoms with Crippen LogP contribution in [-0.2, 0) is 21.2 Å². The van der Waals surface area contributed by atoms with Gasteiger partial charge in [-0.1, -0.05) is 48.0 Å². The maximum absolute atomic E-state index is 12.5. The Bertz CT molecular complexity index is 775. The molecule has 0 saturated heterocycles. The molecule has 0 aliphatic heterocycles. The van der Waals surface area contributed by atoms with Crippen molar-refractivity contribution in [3.05, 3.63) is 65.7 Å². The zero-order valence-corrected chi connectivity index (χ0v) is 12.8. The molecule has 0 amide bonds. The summed E-state index contributed by atoms with van der Waals surface area (Å²) >= 11 is 0. The van der Waals surface area contributed by atoms with Gasteiger partial charge in [0.2, 0.25) is 10.0 Å². The number of carboxylic acid groups (broad SMARTS) is 1. The second kappa shape index (κ2) is 6.72. The number of aliphatic carboxylic acids is 1. The first-order valence-electron chi connectivity index (χ1n) is 7.14. The molecule has 6 heteroatoms. The number of benzene rings is 2. The van der Waals surface area contributed by atoms with Crippen molar-refractivity contribution in [3.8, 4) is 0 Å². The Hall–Kier alpha value is -2.18. The number of hydrogen-bond acceptors (Lipinski definition) is 3. The fourth-order valence-corrected chi connectivity index (χ4v) is 3.05. The van der Waals surface area contributed by atoms with Gasteiger partial charge < -0.3 is 5.11 Å². The summed E-state index contributed by atoms with van der Waals surface area (Å²) in [4.78, 5) is 11.4. The van der Waals surface area contributed by atoms with Crippen molar-refractivity contribution in [1.82, 2.24) is 4.72 Å². The molecular weight excluding hydrogens is 302 g/mol. The molecule has 2 rings (SSSR count). The van der Waals surface area contributed by atoms with E-state index in [0.29, 0.717) is 5.56 Å². The minimum Gasteiger partial charge on any atom is -0.480 e. The fourth-order valence-electron chi connectivity index (χ4n) is 1.95. The minimum absolute atomic E-state index is 0.0786. The normalized spacial score (nSPS) is 13.6. The third kappa shape index (κ3) is 4.16. The number of carboxylic acids is 1. The van der Waals surface area contributed by atoms with E-state index in [1.54, 1.807) is 42.5 Å². The quantitative estimate of drug-likeness (QED) is 0.852. The third-order valence-corrected chi connectivity index (χ3v) is 4.54. The molecule has 0 aliphatic carbocycles. The van der Waals surface area contributed by atoms with Crippen molar-refractivity contribution in [3.63, 3.8) is 0 Å². The van der Waals surface area contributed by atoms with Gasteiger partial charge in [0.05, 0.1) is 4.90 Å². The highest BCUT2D eigenvalue weighted by atomic mass is 32.2. The Balaban J connectivity index is 2.31. The van der Waals surface area contributed by atoms with E-state index in [9.17, 15) is 18.3 Å². The summed E-state index contributed by atoms with van der Waals surface area (Å²) in [6, 6.07) is 13.1. The van der Waals surface area contributed by atoms with Gasteiger partial charge in [0.25, 0.3) is 0 Å². The van der Waals surface area contributed by atoms with E-state index >= 15 is 0 Å². The second-order valence-electron chi connectivity index (χ2n) is 4.94. The maximum Gasteiger partial charge on any atom is 0.322 e. The average molecular weight is 320 g/mol. The smallest absolute Gasteiger partial charge is 0.322 e. The molecule has 5 nitrogen and oxygen atoms in total. The fraction of sp³-hybridized carbons (Fsp3) is 0.188. The van der Waals surface area contributed by atoms with E-state index in [1.807, 2.05) is 6.92 Å². The van der Waals surface area contributed by atoms with Crippen LogP contribution >= 0.6 is 0 Å². The monoisotopic (exact) mass is 320 g/mol. The van der Waals surface area contributed by atoms with Gasteiger partial charge in [-0.2, -0.15) is 4.72 Å². The van der Waals surface area contributed by atoms with Crippen LogP contribution in [0.3, 0.4) is 0 Å². The van der Waals surface area contributed by atoms with Gasteiger partial charge in [-0.25, -0.2) is 8.42 Å². The van der Waals surface area contributed by atoms with Gasteiger partial charge >= 0.3 is 5.97 Å². The van der Waals surface area contributed by atoms with E-state index in [2.05, 4.69) is 0 Å². The molecule has 0 saturated carbocycles. The lowest BCUT2D eigenvalue weighted by Gasteiger charge is -2.15. The highest BCUT2D eigenvalue weighted by Gasteiger charge is 2.25. The van der Waals surface area contributed by atoms with Crippen molar-refractivity contribution in [2.45, 2.75) is 24.3 Å². The number of sulfonamides is 1. The van der Waals surface area contributed by atoms with E-state index < -0.39 is 22.0 Å². The number of rotatable bonds is 6. The highest BCUT2D eigenvalue weighted by Crippen LogP contribution is 2.12.